The van der Waals surface area contributed by atoms with Crippen LogP contribution in [0.2, 0.25) is 5.02 Å². The van der Waals surface area contributed by atoms with E-state index in [9.17, 15) is 15.2 Å². The molecule has 0 bridgehead atoms. The summed E-state index contributed by atoms with van der Waals surface area (Å²) in [6, 6.07) is 23.4. The van der Waals surface area contributed by atoms with E-state index in [4.69, 9.17) is 11.6 Å². The van der Waals surface area contributed by atoms with E-state index in [1.54, 1.807) is 71.0 Å². The molecule has 5 rings (SSSR count). The number of benzene rings is 3. The number of rotatable bonds is 4. The number of hydrogen-bond acceptors (Lipinski definition) is 4. The van der Waals surface area contributed by atoms with Gasteiger partial charge >= 0.3 is 0 Å². The van der Waals surface area contributed by atoms with Gasteiger partial charge in [-0.3, -0.25) is 4.79 Å². The molecule has 1 atom stereocenters. The van der Waals surface area contributed by atoms with Crippen molar-refractivity contribution in [3.05, 3.63) is 123 Å². The fourth-order valence-electron chi connectivity index (χ4n) is 4.51. The Morgan fingerprint density at radius 3 is 2.40 bits per heavy atom. The molecule has 5 aromatic rings. The summed E-state index contributed by atoms with van der Waals surface area (Å²) in [5.74, 6) is 0.427. The molecule has 172 valence electrons. The van der Waals surface area contributed by atoms with Gasteiger partial charge in [0.15, 0.2) is 5.60 Å². The van der Waals surface area contributed by atoms with Crippen LogP contribution in [0.4, 0.5) is 0 Å². The predicted molar refractivity (Wildman–Crippen MR) is 136 cm³/mol. The SMILES string of the molecule is Cn1ccnc1C(O)(c1ccc(C#N)cc1)c1ccc2c(c1)c(-c1cccc(Cl)c1)cc(=O)n2C. The highest BCUT2D eigenvalue weighted by Gasteiger charge is 2.38. The highest BCUT2D eigenvalue weighted by atomic mass is 35.5. The lowest BCUT2D eigenvalue weighted by Gasteiger charge is -2.29. The molecule has 1 N–H and O–H groups in total. The lowest BCUT2D eigenvalue weighted by molar-refractivity contribution is 0.112. The second-order valence-electron chi connectivity index (χ2n) is 8.46. The number of fused-ring (bicyclic) bond motifs is 1. The molecular formula is C28H21ClN4O2. The second-order valence-corrected chi connectivity index (χ2v) is 8.90. The van der Waals surface area contributed by atoms with E-state index in [1.807, 2.05) is 37.4 Å². The minimum absolute atomic E-state index is 0.147. The van der Waals surface area contributed by atoms with Crippen LogP contribution in [0.5, 0.6) is 0 Å². The van der Waals surface area contributed by atoms with Gasteiger partial charge in [-0.1, -0.05) is 41.9 Å². The highest BCUT2D eigenvalue weighted by molar-refractivity contribution is 6.30. The van der Waals surface area contributed by atoms with Gasteiger partial charge in [-0.15, -0.1) is 0 Å². The summed E-state index contributed by atoms with van der Waals surface area (Å²) in [4.78, 5) is 17.2. The molecule has 0 spiro atoms. The van der Waals surface area contributed by atoms with E-state index in [2.05, 4.69) is 11.1 Å². The average molecular weight is 481 g/mol. The summed E-state index contributed by atoms with van der Waals surface area (Å²) >= 11 is 6.25. The second kappa shape index (κ2) is 8.55. The van der Waals surface area contributed by atoms with Crippen molar-refractivity contribution in [2.24, 2.45) is 14.1 Å². The number of aryl methyl sites for hydroxylation is 2. The number of aliphatic hydroxyl groups is 1. The quantitative estimate of drug-likeness (QED) is 0.402. The van der Waals surface area contributed by atoms with Crippen LogP contribution in [0.1, 0.15) is 22.5 Å². The summed E-state index contributed by atoms with van der Waals surface area (Å²) in [6.45, 7) is 0. The third-order valence-corrected chi connectivity index (χ3v) is 6.61. The first-order valence-corrected chi connectivity index (χ1v) is 11.3. The lowest BCUT2D eigenvalue weighted by Crippen LogP contribution is -2.32. The molecule has 0 fully saturated rings. The van der Waals surface area contributed by atoms with Crippen LogP contribution in [0, 0.1) is 11.3 Å². The van der Waals surface area contributed by atoms with Crippen LogP contribution in [-0.2, 0) is 19.7 Å². The summed E-state index contributed by atoms with van der Waals surface area (Å²) in [5, 5.41) is 22.9. The van der Waals surface area contributed by atoms with Gasteiger partial charge in [0.05, 0.1) is 17.1 Å². The molecule has 0 aliphatic heterocycles. The van der Waals surface area contributed by atoms with Crippen molar-refractivity contribution in [1.82, 2.24) is 14.1 Å². The first-order valence-electron chi connectivity index (χ1n) is 10.9. The Labute approximate surface area is 206 Å². The van der Waals surface area contributed by atoms with Gasteiger partial charge in [-0.25, -0.2) is 4.98 Å². The van der Waals surface area contributed by atoms with Crippen LogP contribution >= 0.6 is 11.6 Å². The smallest absolute Gasteiger partial charge is 0.251 e. The Morgan fingerprint density at radius 1 is 1.00 bits per heavy atom. The first-order chi connectivity index (χ1) is 16.8. The Balaban J connectivity index is 1.83. The van der Waals surface area contributed by atoms with Gasteiger partial charge in [-0.2, -0.15) is 5.26 Å². The van der Waals surface area contributed by atoms with Crippen LogP contribution < -0.4 is 5.56 Å². The average Bonchev–Trinajstić information content (AvgIpc) is 3.31. The first kappa shape index (κ1) is 22.6. The largest absolute Gasteiger partial charge is 0.373 e. The number of aromatic nitrogens is 3. The highest BCUT2D eigenvalue weighted by Crippen LogP contribution is 2.38. The maximum Gasteiger partial charge on any atom is 0.251 e. The molecule has 0 saturated carbocycles. The van der Waals surface area contributed by atoms with Crippen LogP contribution in [-0.4, -0.2) is 19.2 Å². The predicted octanol–water partition coefficient (Wildman–Crippen LogP) is 4.75. The molecule has 0 aliphatic rings. The Morgan fingerprint density at radius 2 is 1.74 bits per heavy atom. The summed E-state index contributed by atoms with van der Waals surface area (Å²) in [6.07, 6.45) is 3.40. The minimum Gasteiger partial charge on any atom is -0.373 e. The number of imidazole rings is 1. The van der Waals surface area contributed by atoms with Crippen molar-refractivity contribution in [2.45, 2.75) is 5.60 Å². The lowest BCUT2D eigenvalue weighted by atomic mass is 9.83. The minimum atomic E-state index is -1.61. The van der Waals surface area contributed by atoms with E-state index in [-0.39, 0.29) is 5.56 Å². The van der Waals surface area contributed by atoms with Crippen molar-refractivity contribution < 1.29 is 5.11 Å². The fourth-order valence-corrected chi connectivity index (χ4v) is 4.70. The standard InChI is InChI=1S/C28H21ClN4O2/c1-32-13-12-31-27(32)28(35,20-8-6-18(17-30)7-9-20)21-10-11-25-24(15-21)23(16-26(34)33(25)2)19-4-3-5-22(29)14-19/h3-16,35H,1-2H3. The molecule has 2 heterocycles. The molecule has 2 aromatic heterocycles. The molecule has 0 amide bonds. The Kier molecular flexibility index (Phi) is 5.52. The Hall–Kier alpha value is -4.18. The monoisotopic (exact) mass is 480 g/mol. The molecule has 35 heavy (non-hydrogen) atoms. The van der Waals surface area contributed by atoms with Crippen LogP contribution in [0.15, 0.2) is 90.0 Å². The van der Waals surface area contributed by atoms with Crippen LogP contribution in [0.25, 0.3) is 22.0 Å². The zero-order chi connectivity index (χ0) is 24.7. The van der Waals surface area contributed by atoms with Crippen LogP contribution in [0.3, 0.4) is 0 Å². The fraction of sp³-hybridized carbons (Fsp3) is 0.107. The van der Waals surface area contributed by atoms with Crippen molar-refractivity contribution in [1.29, 1.82) is 5.26 Å². The molecule has 1 unspecified atom stereocenters. The molecular weight excluding hydrogens is 460 g/mol. The maximum atomic E-state index is 12.7. The normalized spacial score (nSPS) is 12.9. The summed E-state index contributed by atoms with van der Waals surface area (Å²) in [7, 11) is 3.54. The topological polar surface area (TPSA) is 83.8 Å². The van der Waals surface area contributed by atoms with Gasteiger partial charge in [0, 0.05) is 43.0 Å². The van der Waals surface area contributed by atoms with Gasteiger partial charge in [-0.05, 0) is 58.7 Å². The molecule has 0 radical (unpaired) electrons. The molecule has 3 aromatic carbocycles. The van der Waals surface area contributed by atoms with Gasteiger partial charge in [0.25, 0.3) is 5.56 Å². The number of pyridine rings is 1. The summed E-state index contributed by atoms with van der Waals surface area (Å²) < 4.78 is 3.34. The van der Waals surface area contributed by atoms with E-state index in [0.717, 1.165) is 22.0 Å². The molecule has 6 nitrogen and oxygen atoms in total. The van der Waals surface area contributed by atoms with Gasteiger partial charge in [0.2, 0.25) is 0 Å². The number of halogens is 1. The van der Waals surface area contributed by atoms with Crippen molar-refractivity contribution >= 4 is 22.5 Å². The maximum absolute atomic E-state index is 12.7. The zero-order valence-electron chi connectivity index (χ0n) is 19.1. The van der Waals surface area contributed by atoms with Crippen molar-refractivity contribution in [2.75, 3.05) is 0 Å². The molecule has 0 aliphatic carbocycles. The van der Waals surface area contributed by atoms with Crippen molar-refractivity contribution in [3.63, 3.8) is 0 Å². The molecule has 7 heteroatoms. The van der Waals surface area contributed by atoms with E-state index in [1.165, 1.54) is 0 Å². The molecule has 0 saturated heterocycles. The number of nitriles is 1. The zero-order valence-corrected chi connectivity index (χ0v) is 19.9. The van der Waals surface area contributed by atoms with E-state index < -0.39 is 5.60 Å². The third-order valence-electron chi connectivity index (χ3n) is 6.38. The third kappa shape index (κ3) is 3.71. The number of hydrogen-bond donors (Lipinski definition) is 1. The Bertz CT molecular complexity index is 1680. The van der Waals surface area contributed by atoms with Crippen molar-refractivity contribution in [3.8, 4) is 17.2 Å². The van der Waals surface area contributed by atoms with E-state index >= 15 is 0 Å². The van der Waals surface area contributed by atoms with Gasteiger partial charge in [0.1, 0.15) is 5.82 Å². The summed E-state index contributed by atoms with van der Waals surface area (Å²) in [5.41, 5.74) is 2.12. The van der Waals surface area contributed by atoms with E-state index in [0.29, 0.717) is 27.5 Å². The number of nitrogens with zero attached hydrogens (tertiary/aromatic N) is 4. The van der Waals surface area contributed by atoms with Gasteiger partial charge < -0.3 is 14.2 Å².